The number of hydrogen-bond acceptors (Lipinski definition) is 2. The van der Waals surface area contributed by atoms with E-state index in [4.69, 9.17) is 5.11 Å². The summed E-state index contributed by atoms with van der Waals surface area (Å²) in [5, 5.41) is 14.6. The largest absolute Gasteiger partial charge is 0.480 e. The van der Waals surface area contributed by atoms with Crippen LogP contribution in [0.4, 0.5) is 4.79 Å². The maximum atomic E-state index is 11.9. The van der Waals surface area contributed by atoms with Gasteiger partial charge < -0.3 is 15.7 Å². The number of carbonyl (C=O) groups excluding carboxylic acids is 1. The average molecular weight is 268 g/mol. The first-order valence-corrected chi connectivity index (χ1v) is 7.40. The highest BCUT2D eigenvalue weighted by Gasteiger charge is 2.37. The molecule has 5 heteroatoms. The first-order valence-electron chi connectivity index (χ1n) is 7.40. The van der Waals surface area contributed by atoms with Gasteiger partial charge in [0.2, 0.25) is 0 Å². The Kier molecular flexibility index (Phi) is 4.66. The predicted octanol–water partition coefficient (Wildman–Crippen LogP) is 2.12. The highest BCUT2D eigenvalue weighted by atomic mass is 16.4. The Labute approximate surface area is 114 Å². The molecule has 0 spiro atoms. The molecular formula is C14H24N2O3. The third-order valence-electron chi connectivity index (χ3n) is 4.34. The minimum atomic E-state index is -0.923. The Morgan fingerprint density at radius 3 is 2.58 bits per heavy atom. The van der Waals surface area contributed by atoms with Crippen molar-refractivity contribution in [2.24, 2.45) is 11.8 Å². The van der Waals surface area contributed by atoms with E-state index in [0.717, 1.165) is 38.5 Å². The second-order valence-electron chi connectivity index (χ2n) is 5.91. The van der Waals surface area contributed by atoms with Crippen molar-refractivity contribution in [2.75, 3.05) is 0 Å². The predicted molar refractivity (Wildman–Crippen MR) is 71.9 cm³/mol. The number of rotatable bonds is 5. The smallest absolute Gasteiger partial charge is 0.326 e. The maximum absolute atomic E-state index is 11.9. The van der Waals surface area contributed by atoms with Gasteiger partial charge in [-0.15, -0.1) is 0 Å². The summed E-state index contributed by atoms with van der Waals surface area (Å²) in [5.74, 6) is -0.108. The van der Waals surface area contributed by atoms with Crippen molar-refractivity contribution in [1.82, 2.24) is 10.6 Å². The Balaban J connectivity index is 1.78. The Hall–Kier alpha value is -1.26. The van der Waals surface area contributed by atoms with Gasteiger partial charge in [-0.1, -0.05) is 26.2 Å². The van der Waals surface area contributed by atoms with E-state index in [-0.39, 0.29) is 18.0 Å². The molecule has 0 radical (unpaired) electrons. The van der Waals surface area contributed by atoms with Crippen LogP contribution >= 0.6 is 0 Å². The Morgan fingerprint density at radius 2 is 2.00 bits per heavy atom. The van der Waals surface area contributed by atoms with Crippen molar-refractivity contribution in [2.45, 2.75) is 64.0 Å². The van der Waals surface area contributed by atoms with E-state index in [2.05, 4.69) is 17.6 Å². The third-order valence-corrected chi connectivity index (χ3v) is 4.34. The van der Waals surface area contributed by atoms with E-state index in [1.165, 1.54) is 6.42 Å². The monoisotopic (exact) mass is 268 g/mol. The molecule has 3 unspecified atom stereocenters. The molecule has 2 fully saturated rings. The molecule has 3 atom stereocenters. The third kappa shape index (κ3) is 4.11. The number of amides is 2. The molecule has 2 aliphatic carbocycles. The maximum Gasteiger partial charge on any atom is 0.326 e. The van der Waals surface area contributed by atoms with Crippen molar-refractivity contribution in [1.29, 1.82) is 0 Å². The van der Waals surface area contributed by atoms with Crippen LogP contribution in [0, 0.1) is 11.8 Å². The van der Waals surface area contributed by atoms with E-state index >= 15 is 0 Å². The highest BCUT2D eigenvalue weighted by Crippen LogP contribution is 2.32. The lowest BCUT2D eigenvalue weighted by atomic mass is 9.84. The first-order chi connectivity index (χ1) is 9.10. The quantitative estimate of drug-likeness (QED) is 0.714. The number of carboxylic acids is 1. The summed E-state index contributed by atoms with van der Waals surface area (Å²) < 4.78 is 0. The number of urea groups is 1. The summed E-state index contributed by atoms with van der Waals surface area (Å²) in [5.41, 5.74) is 0. The van der Waals surface area contributed by atoms with Crippen LogP contribution in [-0.2, 0) is 4.79 Å². The zero-order valence-electron chi connectivity index (χ0n) is 11.5. The summed E-state index contributed by atoms with van der Waals surface area (Å²) in [7, 11) is 0. The van der Waals surface area contributed by atoms with Crippen LogP contribution in [0.2, 0.25) is 0 Å². The van der Waals surface area contributed by atoms with Gasteiger partial charge in [0.25, 0.3) is 0 Å². The molecule has 2 aliphatic rings. The van der Waals surface area contributed by atoms with Crippen molar-refractivity contribution in [3.8, 4) is 0 Å². The molecule has 108 valence electrons. The highest BCUT2D eigenvalue weighted by molar-refractivity contribution is 5.83. The van der Waals surface area contributed by atoms with Crippen LogP contribution in [0.3, 0.4) is 0 Å². The normalized spacial score (nSPS) is 28.5. The standard InChI is InChI=1S/C14H24N2O3/c1-2-9-4-3-5-11(8-9)15-14(19)16-12(13(17)18)10-6-7-10/h9-12H,2-8H2,1H3,(H,17,18)(H2,15,16,19). The summed E-state index contributed by atoms with van der Waals surface area (Å²) in [6, 6.07) is -0.834. The van der Waals surface area contributed by atoms with Crippen LogP contribution in [0.5, 0.6) is 0 Å². The van der Waals surface area contributed by atoms with E-state index in [1.54, 1.807) is 0 Å². The number of carboxylic acid groups (broad SMARTS) is 1. The van der Waals surface area contributed by atoms with Crippen molar-refractivity contribution < 1.29 is 14.7 Å². The summed E-state index contributed by atoms with van der Waals surface area (Å²) in [6.45, 7) is 2.18. The number of nitrogens with one attached hydrogen (secondary N) is 2. The Morgan fingerprint density at radius 1 is 1.26 bits per heavy atom. The molecule has 0 saturated heterocycles. The zero-order chi connectivity index (χ0) is 13.8. The van der Waals surface area contributed by atoms with Gasteiger partial charge in [0, 0.05) is 6.04 Å². The van der Waals surface area contributed by atoms with Crippen LogP contribution in [0.1, 0.15) is 51.9 Å². The molecule has 2 saturated carbocycles. The summed E-state index contributed by atoms with van der Waals surface area (Å²) in [4.78, 5) is 22.9. The van der Waals surface area contributed by atoms with Crippen molar-refractivity contribution in [3.05, 3.63) is 0 Å². The summed E-state index contributed by atoms with van der Waals surface area (Å²) >= 11 is 0. The lowest BCUT2D eigenvalue weighted by molar-refractivity contribution is -0.139. The number of carbonyl (C=O) groups is 2. The fourth-order valence-corrected chi connectivity index (χ4v) is 2.97. The number of aliphatic carboxylic acids is 1. The fraction of sp³-hybridized carbons (Fsp3) is 0.857. The molecule has 0 aliphatic heterocycles. The van der Waals surface area contributed by atoms with Crippen LogP contribution in [-0.4, -0.2) is 29.2 Å². The summed E-state index contributed by atoms with van der Waals surface area (Å²) in [6.07, 6.45) is 7.37. The van der Waals surface area contributed by atoms with Gasteiger partial charge in [0.05, 0.1) is 0 Å². The minimum absolute atomic E-state index is 0.123. The second kappa shape index (κ2) is 6.26. The van der Waals surface area contributed by atoms with E-state index in [9.17, 15) is 9.59 Å². The van der Waals surface area contributed by atoms with Gasteiger partial charge >= 0.3 is 12.0 Å². The zero-order valence-corrected chi connectivity index (χ0v) is 11.5. The van der Waals surface area contributed by atoms with Crippen LogP contribution < -0.4 is 10.6 Å². The van der Waals surface area contributed by atoms with Gasteiger partial charge in [-0.3, -0.25) is 0 Å². The lowest BCUT2D eigenvalue weighted by Crippen LogP contribution is -2.50. The fourth-order valence-electron chi connectivity index (χ4n) is 2.97. The molecule has 2 rings (SSSR count). The molecule has 0 aromatic rings. The topological polar surface area (TPSA) is 78.4 Å². The van der Waals surface area contributed by atoms with Crippen molar-refractivity contribution in [3.63, 3.8) is 0 Å². The van der Waals surface area contributed by atoms with Gasteiger partial charge in [0.1, 0.15) is 6.04 Å². The van der Waals surface area contributed by atoms with Gasteiger partial charge in [0.15, 0.2) is 0 Å². The molecule has 0 heterocycles. The molecule has 0 bridgehead atoms. The molecule has 0 aromatic heterocycles. The second-order valence-corrected chi connectivity index (χ2v) is 5.91. The molecular weight excluding hydrogens is 244 g/mol. The minimum Gasteiger partial charge on any atom is -0.480 e. The first kappa shape index (κ1) is 14.2. The van der Waals surface area contributed by atoms with Gasteiger partial charge in [-0.25, -0.2) is 9.59 Å². The number of hydrogen-bond donors (Lipinski definition) is 3. The van der Waals surface area contributed by atoms with E-state index in [0.29, 0.717) is 5.92 Å². The average Bonchev–Trinajstić information content (AvgIpc) is 3.20. The SMILES string of the molecule is CCC1CCCC(NC(=O)NC(C(=O)O)C2CC2)C1. The Bertz CT molecular complexity index is 342. The molecule has 5 nitrogen and oxygen atoms in total. The molecule has 19 heavy (non-hydrogen) atoms. The lowest BCUT2D eigenvalue weighted by Gasteiger charge is -2.29. The molecule has 2 amide bonds. The van der Waals surface area contributed by atoms with Crippen LogP contribution in [0.15, 0.2) is 0 Å². The molecule has 0 aromatic carbocycles. The van der Waals surface area contributed by atoms with Crippen molar-refractivity contribution >= 4 is 12.0 Å². The van der Waals surface area contributed by atoms with E-state index < -0.39 is 12.0 Å². The van der Waals surface area contributed by atoms with Crippen LogP contribution in [0.25, 0.3) is 0 Å². The van der Waals surface area contributed by atoms with Gasteiger partial charge in [-0.2, -0.15) is 0 Å². The van der Waals surface area contributed by atoms with E-state index in [1.807, 2.05) is 0 Å². The molecule has 3 N–H and O–H groups in total. The van der Waals surface area contributed by atoms with Gasteiger partial charge in [-0.05, 0) is 37.5 Å².